The van der Waals surface area contributed by atoms with Crippen LogP contribution in [0.4, 0.5) is 0 Å². The minimum Gasteiger partial charge on any atom is -0.346 e. The molecule has 3 aromatic heterocycles. The average Bonchev–Trinajstić information content (AvgIpc) is 3.01. The molecule has 0 amide bonds. The molecule has 1 N–H and O–H groups in total. The predicted octanol–water partition coefficient (Wildman–Crippen LogP) is 4.21. The van der Waals surface area contributed by atoms with E-state index in [1.807, 2.05) is 12.1 Å². The van der Waals surface area contributed by atoms with Crippen LogP contribution in [0.25, 0.3) is 11.4 Å². The number of hydrogen-bond acceptors (Lipinski definition) is 4. The first-order chi connectivity index (χ1) is 14.4. The minimum atomic E-state index is -0.0931. The summed E-state index contributed by atoms with van der Waals surface area (Å²) in [7, 11) is 0. The zero-order chi connectivity index (χ0) is 21.3. The van der Waals surface area contributed by atoms with Crippen LogP contribution in [0.1, 0.15) is 61.3 Å². The van der Waals surface area contributed by atoms with E-state index in [0.29, 0.717) is 11.9 Å². The molecule has 3 aromatic rings. The molecule has 0 aromatic carbocycles. The summed E-state index contributed by atoms with van der Waals surface area (Å²) in [6.45, 7) is 11.8. The molecule has 4 heterocycles. The predicted molar refractivity (Wildman–Crippen MR) is 120 cm³/mol. The molecule has 30 heavy (non-hydrogen) atoms. The molecular formula is C24H31N5O. The van der Waals surface area contributed by atoms with Gasteiger partial charge in [-0.25, -0.2) is 4.98 Å². The first-order valence-electron chi connectivity index (χ1n) is 10.8. The van der Waals surface area contributed by atoms with Crippen LogP contribution in [0.3, 0.4) is 0 Å². The lowest BCUT2D eigenvalue weighted by atomic mass is 9.94. The van der Waals surface area contributed by atoms with Crippen LogP contribution < -0.4 is 5.56 Å². The molecular weight excluding hydrogens is 374 g/mol. The maximum absolute atomic E-state index is 12.3. The first kappa shape index (κ1) is 20.5. The van der Waals surface area contributed by atoms with Crippen LogP contribution in [0, 0.1) is 13.8 Å². The second kappa shape index (κ2) is 8.56. The van der Waals surface area contributed by atoms with Crippen molar-refractivity contribution in [3.05, 3.63) is 69.7 Å². The van der Waals surface area contributed by atoms with Gasteiger partial charge in [0, 0.05) is 60.5 Å². The van der Waals surface area contributed by atoms with Crippen molar-refractivity contribution in [1.29, 1.82) is 0 Å². The zero-order valence-corrected chi connectivity index (χ0v) is 18.4. The fourth-order valence-electron chi connectivity index (χ4n) is 4.81. The van der Waals surface area contributed by atoms with Crippen LogP contribution >= 0.6 is 0 Å². The molecule has 1 fully saturated rings. The van der Waals surface area contributed by atoms with Crippen LogP contribution in [0.5, 0.6) is 0 Å². The van der Waals surface area contributed by atoms with Gasteiger partial charge in [0.1, 0.15) is 5.82 Å². The molecule has 1 aliphatic heterocycles. The van der Waals surface area contributed by atoms with E-state index in [2.05, 4.69) is 53.2 Å². The van der Waals surface area contributed by atoms with Crippen LogP contribution in [-0.2, 0) is 6.54 Å². The highest BCUT2D eigenvalue weighted by molar-refractivity contribution is 5.53. The van der Waals surface area contributed by atoms with E-state index in [0.717, 1.165) is 43.7 Å². The van der Waals surface area contributed by atoms with Gasteiger partial charge in [0.05, 0.1) is 5.69 Å². The molecule has 1 aliphatic rings. The van der Waals surface area contributed by atoms with Gasteiger partial charge in [-0.1, -0.05) is 0 Å². The molecule has 6 heteroatoms. The molecule has 1 saturated heterocycles. The monoisotopic (exact) mass is 405 g/mol. The molecule has 0 bridgehead atoms. The summed E-state index contributed by atoms with van der Waals surface area (Å²) in [6, 6.07) is 8.22. The molecule has 4 rings (SSSR count). The number of aromatic nitrogens is 4. The van der Waals surface area contributed by atoms with Crippen molar-refractivity contribution in [2.24, 2.45) is 0 Å². The van der Waals surface area contributed by atoms with Gasteiger partial charge >= 0.3 is 0 Å². The van der Waals surface area contributed by atoms with E-state index >= 15 is 0 Å². The lowest BCUT2D eigenvalue weighted by molar-refractivity contribution is 0.198. The Balaban J connectivity index is 1.54. The number of nitrogens with zero attached hydrogens (tertiary/aromatic N) is 4. The molecule has 0 aliphatic carbocycles. The van der Waals surface area contributed by atoms with Crippen molar-refractivity contribution in [3.63, 3.8) is 0 Å². The van der Waals surface area contributed by atoms with Crippen molar-refractivity contribution < 1.29 is 0 Å². The van der Waals surface area contributed by atoms with E-state index < -0.39 is 0 Å². The van der Waals surface area contributed by atoms with E-state index in [-0.39, 0.29) is 11.5 Å². The Morgan fingerprint density at radius 1 is 1.20 bits per heavy atom. The second-order valence-corrected chi connectivity index (χ2v) is 8.69. The van der Waals surface area contributed by atoms with E-state index in [1.54, 1.807) is 18.5 Å². The summed E-state index contributed by atoms with van der Waals surface area (Å²) in [5, 5.41) is 0. The quantitative estimate of drug-likeness (QED) is 0.690. The van der Waals surface area contributed by atoms with Gasteiger partial charge < -0.3 is 9.55 Å². The largest absolute Gasteiger partial charge is 0.346 e. The third-order valence-corrected chi connectivity index (χ3v) is 6.14. The molecule has 0 saturated carbocycles. The molecule has 0 radical (unpaired) electrons. The summed E-state index contributed by atoms with van der Waals surface area (Å²) >= 11 is 0. The van der Waals surface area contributed by atoms with Crippen molar-refractivity contribution in [1.82, 2.24) is 24.4 Å². The highest BCUT2D eigenvalue weighted by atomic mass is 16.1. The molecule has 1 atom stereocenters. The van der Waals surface area contributed by atoms with Gasteiger partial charge in [0.2, 0.25) is 0 Å². The van der Waals surface area contributed by atoms with Gasteiger partial charge in [0.25, 0.3) is 5.56 Å². The summed E-state index contributed by atoms with van der Waals surface area (Å²) in [5.41, 5.74) is 5.77. The van der Waals surface area contributed by atoms with Crippen molar-refractivity contribution >= 4 is 0 Å². The van der Waals surface area contributed by atoms with Crippen molar-refractivity contribution in [3.8, 4) is 11.4 Å². The molecule has 6 nitrogen and oxygen atoms in total. The Hall–Kier alpha value is -2.73. The Kier molecular flexibility index (Phi) is 5.86. The van der Waals surface area contributed by atoms with E-state index in [4.69, 9.17) is 4.98 Å². The summed E-state index contributed by atoms with van der Waals surface area (Å²) in [5.74, 6) is 0.896. The lowest BCUT2D eigenvalue weighted by Crippen LogP contribution is -2.34. The lowest BCUT2D eigenvalue weighted by Gasteiger charge is -2.32. The number of piperidine rings is 1. The Bertz CT molecular complexity index is 1070. The second-order valence-electron chi connectivity index (χ2n) is 8.69. The minimum absolute atomic E-state index is 0.0931. The number of pyridine rings is 1. The van der Waals surface area contributed by atoms with Gasteiger partial charge in [0.15, 0.2) is 0 Å². The fourth-order valence-corrected chi connectivity index (χ4v) is 4.81. The fraction of sp³-hybridized carbons (Fsp3) is 0.458. The van der Waals surface area contributed by atoms with Crippen LogP contribution in [0.15, 0.2) is 41.5 Å². The van der Waals surface area contributed by atoms with Crippen molar-refractivity contribution in [2.75, 3.05) is 13.1 Å². The number of likely N-dealkylation sites (tertiary alicyclic amines) is 1. The zero-order valence-electron chi connectivity index (χ0n) is 18.4. The molecule has 1 unspecified atom stereocenters. The highest BCUT2D eigenvalue weighted by Crippen LogP contribution is 2.28. The Morgan fingerprint density at radius 2 is 1.97 bits per heavy atom. The number of H-pyrrole nitrogens is 1. The number of aryl methyl sites for hydroxylation is 1. The third kappa shape index (κ3) is 4.24. The Labute approximate surface area is 178 Å². The smallest absolute Gasteiger partial charge is 0.251 e. The van der Waals surface area contributed by atoms with Gasteiger partial charge in [-0.15, -0.1) is 0 Å². The highest BCUT2D eigenvalue weighted by Gasteiger charge is 2.24. The van der Waals surface area contributed by atoms with E-state index in [1.165, 1.54) is 17.0 Å². The Morgan fingerprint density at radius 3 is 2.67 bits per heavy atom. The SMILES string of the molecule is Cc1cc(CN2CCCC(c3cc(=O)[nH]c(-c4ccncc4)n3)C2)c(C)n1C(C)C. The first-order valence-corrected chi connectivity index (χ1v) is 10.8. The number of aromatic amines is 1. The average molecular weight is 406 g/mol. The topological polar surface area (TPSA) is 66.8 Å². The summed E-state index contributed by atoms with van der Waals surface area (Å²) < 4.78 is 2.41. The van der Waals surface area contributed by atoms with E-state index in [9.17, 15) is 4.79 Å². The number of rotatable bonds is 5. The maximum atomic E-state index is 12.3. The normalized spacial score (nSPS) is 17.6. The maximum Gasteiger partial charge on any atom is 0.251 e. The summed E-state index contributed by atoms with van der Waals surface area (Å²) in [6.07, 6.45) is 5.62. The number of hydrogen-bond donors (Lipinski definition) is 1. The standard InChI is InChI=1S/C24H31N5O/c1-16(2)29-17(3)12-21(18(29)4)15-28-11-5-6-20(14-28)22-13-23(30)27-24(26-22)19-7-9-25-10-8-19/h7-10,12-13,16,20H,5-6,11,14-15H2,1-4H3,(H,26,27,30). The van der Waals surface area contributed by atoms with Crippen molar-refractivity contribution in [2.45, 2.75) is 59.0 Å². The van der Waals surface area contributed by atoms with Gasteiger partial charge in [-0.3, -0.25) is 14.7 Å². The molecule has 158 valence electrons. The number of nitrogens with one attached hydrogen (secondary N) is 1. The van der Waals surface area contributed by atoms with Crippen LogP contribution in [-0.4, -0.2) is 37.5 Å². The van der Waals surface area contributed by atoms with Gasteiger partial charge in [-0.05, 0) is 70.8 Å². The third-order valence-electron chi connectivity index (χ3n) is 6.14. The summed E-state index contributed by atoms with van der Waals surface area (Å²) in [4.78, 5) is 26.6. The molecule has 0 spiro atoms. The van der Waals surface area contributed by atoms with Gasteiger partial charge in [-0.2, -0.15) is 0 Å². The van der Waals surface area contributed by atoms with Crippen LogP contribution in [0.2, 0.25) is 0 Å².